The van der Waals surface area contributed by atoms with Gasteiger partial charge in [0.25, 0.3) is 0 Å². The van der Waals surface area contributed by atoms with E-state index in [1.165, 1.54) is 6.42 Å². The first kappa shape index (κ1) is 14.6. The van der Waals surface area contributed by atoms with Crippen molar-refractivity contribution < 1.29 is 4.42 Å². The normalized spacial score (nSPS) is 18.8. The third-order valence-electron chi connectivity index (χ3n) is 2.76. The fourth-order valence-corrected chi connectivity index (χ4v) is 2.16. The van der Waals surface area contributed by atoms with E-state index in [1.54, 1.807) is 6.20 Å². The Kier molecular flexibility index (Phi) is 5.07. The second-order valence-electron chi connectivity index (χ2n) is 3.83. The Balaban J connectivity index is 0.000000722. The summed E-state index contributed by atoms with van der Waals surface area (Å²) in [6.07, 6.45) is 3.98. The maximum absolute atomic E-state index is 5.85. The van der Waals surface area contributed by atoms with Gasteiger partial charge >= 0.3 is 0 Å². The van der Waals surface area contributed by atoms with Crippen LogP contribution in [0, 0.1) is 0 Å². The number of pyridine rings is 1. The molecule has 1 N–H and O–H groups in total. The zero-order valence-electron chi connectivity index (χ0n) is 8.98. The van der Waals surface area contributed by atoms with E-state index in [-0.39, 0.29) is 24.8 Å². The summed E-state index contributed by atoms with van der Waals surface area (Å²) in [5.41, 5.74) is 1.65. The van der Waals surface area contributed by atoms with E-state index >= 15 is 0 Å². The predicted octanol–water partition coefficient (Wildman–Crippen LogP) is 3.75. The highest BCUT2D eigenvalue weighted by Gasteiger charge is 2.20. The number of hydrogen-bond acceptors (Lipinski definition) is 3. The molecule has 1 atom stereocenters. The topological polar surface area (TPSA) is 38.1 Å². The summed E-state index contributed by atoms with van der Waals surface area (Å²) in [6.45, 7) is 1.07. The number of fused-ring (bicyclic) bond motifs is 1. The van der Waals surface area contributed by atoms with Gasteiger partial charge < -0.3 is 9.73 Å². The SMILES string of the molecule is Cl.Cl.Clc1cnc2cc([C@@H]3CCCN3)oc2c1. The van der Waals surface area contributed by atoms with Crippen LogP contribution in [0.15, 0.2) is 22.7 Å². The van der Waals surface area contributed by atoms with Gasteiger partial charge in [-0.05, 0) is 19.4 Å². The quantitative estimate of drug-likeness (QED) is 0.871. The Bertz CT molecular complexity index is 494. The minimum absolute atomic E-state index is 0. The first-order valence-corrected chi connectivity index (χ1v) is 5.49. The standard InChI is InChI=1S/C11H11ClN2O.2ClH/c12-7-4-10-9(14-6-7)5-11(15-10)8-2-1-3-13-8;;/h4-6,8,13H,1-3H2;2*1H/t8-;;/m0../s1. The number of rotatable bonds is 1. The highest BCUT2D eigenvalue weighted by atomic mass is 35.5. The average molecular weight is 296 g/mol. The van der Waals surface area contributed by atoms with Gasteiger partial charge in [0, 0.05) is 18.3 Å². The molecule has 0 amide bonds. The zero-order valence-corrected chi connectivity index (χ0v) is 11.4. The highest BCUT2D eigenvalue weighted by Crippen LogP contribution is 2.28. The lowest BCUT2D eigenvalue weighted by Gasteiger charge is -2.04. The Hall–Kier alpha value is -0.480. The van der Waals surface area contributed by atoms with E-state index in [1.807, 2.05) is 12.1 Å². The maximum Gasteiger partial charge on any atom is 0.154 e. The molecule has 0 radical (unpaired) electrons. The van der Waals surface area contributed by atoms with E-state index in [0.717, 1.165) is 29.8 Å². The van der Waals surface area contributed by atoms with Crippen molar-refractivity contribution in [2.75, 3.05) is 6.54 Å². The molecule has 0 aliphatic carbocycles. The van der Waals surface area contributed by atoms with Crippen molar-refractivity contribution in [1.82, 2.24) is 10.3 Å². The van der Waals surface area contributed by atoms with E-state index in [9.17, 15) is 0 Å². The van der Waals surface area contributed by atoms with Gasteiger partial charge in [-0.1, -0.05) is 11.6 Å². The summed E-state index contributed by atoms with van der Waals surface area (Å²) in [6, 6.07) is 4.15. The van der Waals surface area contributed by atoms with Crippen LogP contribution in [0.3, 0.4) is 0 Å². The minimum Gasteiger partial charge on any atom is -0.458 e. The van der Waals surface area contributed by atoms with Crippen LogP contribution in [-0.2, 0) is 0 Å². The molecule has 94 valence electrons. The van der Waals surface area contributed by atoms with Crippen LogP contribution in [0.2, 0.25) is 5.02 Å². The van der Waals surface area contributed by atoms with Crippen molar-refractivity contribution in [3.05, 3.63) is 29.1 Å². The van der Waals surface area contributed by atoms with Crippen molar-refractivity contribution in [3.63, 3.8) is 0 Å². The summed E-state index contributed by atoms with van der Waals surface area (Å²) in [7, 11) is 0. The fourth-order valence-electron chi connectivity index (χ4n) is 2.01. The van der Waals surface area contributed by atoms with Gasteiger partial charge in [-0.3, -0.25) is 4.98 Å². The van der Waals surface area contributed by atoms with Gasteiger partial charge in [0.15, 0.2) is 5.58 Å². The van der Waals surface area contributed by atoms with Crippen LogP contribution in [0.4, 0.5) is 0 Å². The molecule has 3 rings (SSSR count). The molecule has 2 aromatic heterocycles. The number of furan rings is 1. The lowest BCUT2D eigenvalue weighted by molar-refractivity contribution is 0.471. The van der Waals surface area contributed by atoms with Gasteiger partial charge in [-0.25, -0.2) is 0 Å². The summed E-state index contributed by atoms with van der Waals surface area (Å²) in [5.74, 6) is 0.970. The van der Waals surface area contributed by atoms with E-state index in [0.29, 0.717) is 11.1 Å². The lowest BCUT2D eigenvalue weighted by Crippen LogP contribution is -2.11. The second kappa shape index (κ2) is 5.91. The Morgan fingerprint density at radius 2 is 2.18 bits per heavy atom. The molecule has 1 aliphatic heterocycles. The van der Waals surface area contributed by atoms with Crippen molar-refractivity contribution >= 4 is 47.5 Å². The van der Waals surface area contributed by atoms with Crippen molar-refractivity contribution in [1.29, 1.82) is 0 Å². The van der Waals surface area contributed by atoms with Crippen LogP contribution in [-0.4, -0.2) is 11.5 Å². The monoisotopic (exact) mass is 294 g/mol. The molecule has 3 nitrogen and oxygen atoms in total. The molecule has 0 spiro atoms. The third kappa shape index (κ3) is 2.86. The van der Waals surface area contributed by atoms with Crippen molar-refractivity contribution in [2.45, 2.75) is 18.9 Å². The highest BCUT2D eigenvalue weighted by molar-refractivity contribution is 6.30. The molecule has 2 aromatic rings. The largest absolute Gasteiger partial charge is 0.458 e. The second-order valence-corrected chi connectivity index (χ2v) is 4.27. The van der Waals surface area contributed by atoms with Gasteiger partial charge in [0.1, 0.15) is 11.3 Å². The van der Waals surface area contributed by atoms with Crippen molar-refractivity contribution in [3.8, 4) is 0 Å². The fraction of sp³-hybridized carbons (Fsp3) is 0.364. The van der Waals surface area contributed by atoms with Crippen LogP contribution in [0.25, 0.3) is 11.1 Å². The third-order valence-corrected chi connectivity index (χ3v) is 2.97. The molecule has 6 heteroatoms. The zero-order chi connectivity index (χ0) is 10.3. The summed E-state index contributed by atoms with van der Waals surface area (Å²) in [5, 5.41) is 4.01. The molecular weight excluding hydrogens is 282 g/mol. The predicted molar refractivity (Wildman–Crippen MR) is 73.5 cm³/mol. The minimum atomic E-state index is 0. The molecule has 0 saturated carbocycles. The van der Waals surface area contributed by atoms with E-state index in [4.69, 9.17) is 16.0 Å². The lowest BCUT2D eigenvalue weighted by atomic mass is 10.2. The van der Waals surface area contributed by atoms with Crippen LogP contribution in [0.5, 0.6) is 0 Å². The van der Waals surface area contributed by atoms with Gasteiger partial charge in [-0.15, -0.1) is 24.8 Å². The molecule has 0 aromatic carbocycles. The van der Waals surface area contributed by atoms with Gasteiger partial charge in [-0.2, -0.15) is 0 Å². The smallest absolute Gasteiger partial charge is 0.154 e. The van der Waals surface area contributed by atoms with E-state index in [2.05, 4.69) is 10.3 Å². The first-order chi connectivity index (χ1) is 7.33. The molecular formula is C11H13Cl3N2O. The number of nitrogens with zero attached hydrogens (tertiary/aromatic N) is 1. The number of nitrogens with one attached hydrogen (secondary N) is 1. The Labute approximate surface area is 117 Å². The van der Waals surface area contributed by atoms with Crippen LogP contribution >= 0.6 is 36.4 Å². The molecule has 1 aliphatic rings. The van der Waals surface area contributed by atoms with Crippen LogP contribution < -0.4 is 5.32 Å². The molecule has 1 saturated heterocycles. The van der Waals surface area contributed by atoms with Crippen molar-refractivity contribution in [2.24, 2.45) is 0 Å². The average Bonchev–Trinajstić information content (AvgIpc) is 2.84. The summed E-state index contributed by atoms with van der Waals surface area (Å²) < 4.78 is 5.72. The van der Waals surface area contributed by atoms with E-state index < -0.39 is 0 Å². The number of hydrogen-bond donors (Lipinski definition) is 1. The molecule has 0 bridgehead atoms. The summed E-state index contributed by atoms with van der Waals surface area (Å²) >= 11 is 5.85. The Morgan fingerprint density at radius 3 is 2.88 bits per heavy atom. The molecule has 17 heavy (non-hydrogen) atoms. The number of halogens is 3. The molecule has 0 unspecified atom stereocenters. The van der Waals surface area contributed by atoms with Crippen LogP contribution in [0.1, 0.15) is 24.6 Å². The number of aromatic nitrogens is 1. The first-order valence-electron chi connectivity index (χ1n) is 5.11. The summed E-state index contributed by atoms with van der Waals surface area (Å²) in [4.78, 5) is 4.22. The molecule has 3 heterocycles. The van der Waals surface area contributed by atoms with Gasteiger partial charge in [0.2, 0.25) is 0 Å². The Morgan fingerprint density at radius 1 is 1.35 bits per heavy atom. The van der Waals surface area contributed by atoms with Gasteiger partial charge in [0.05, 0.1) is 11.1 Å². The molecule has 1 fully saturated rings. The maximum atomic E-state index is 5.85.